The van der Waals surface area contributed by atoms with E-state index in [1.165, 1.54) is 0 Å². The number of hydrogen-bond donors (Lipinski definition) is 1. The summed E-state index contributed by atoms with van der Waals surface area (Å²) in [5.41, 5.74) is 0.617. The quantitative estimate of drug-likeness (QED) is 0.760. The molecule has 1 heterocycles. The maximum atomic E-state index is 11.7. The Hall–Kier alpha value is -1.55. The van der Waals surface area contributed by atoms with Crippen LogP contribution in [0.15, 0.2) is 24.3 Å². The molecule has 1 aliphatic rings. The lowest BCUT2D eigenvalue weighted by molar-refractivity contribution is 0.0950. The van der Waals surface area contributed by atoms with Gasteiger partial charge in [-0.1, -0.05) is 6.07 Å². The third-order valence-electron chi connectivity index (χ3n) is 2.30. The van der Waals surface area contributed by atoms with Gasteiger partial charge in [-0.2, -0.15) is 0 Å². The molecule has 86 valence electrons. The number of epoxide rings is 1. The summed E-state index contributed by atoms with van der Waals surface area (Å²) in [6.07, 6.45) is 0.207. The van der Waals surface area contributed by atoms with Gasteiger partial charge in [0.1, 0.15) is 5.75 Å². The van der Waals surface area contributed by atoms with E-state index in [2.05, 4.69) is 5.32 Å². The van der Waals surface area contributed by atoms with Gasteiger partial charge in [0.2, 0.25) is 0 Å². The van der Waals surface area contributed by atoms with Gasteiger partial charge in [-0.05, 0) is 25.1 Å². The molecule has 0 aliphatic carbocycles. The monoisotopic (exact) mass is 221 g/mol. The van der Waals surface area contributed by atoms with E-state index in [4.69, 9.17) is 9.47 Å². The number of amides is 1. The predicted molar refractivity (Wildman–Crippen MR) is 59.7 cm³/mol. The molecule has 0 bridgehead atoms. The van der Waals surface area contributed by atoms with Gasteiger partial charge in [-0.3, -0.25) is 4.79 Å². The molecule has 1 saturated heterocycles. The first kappa shape index (κ1) is 11.0. The summed E-state index contributed by atoms with van der Waals surface area (Å²) >= 11 is 0. The van der Waals surface area contributed by atoms with Crippen molar-refractivity contribution in [2.75, 3.05) is 19.8 Å². The normalized spacial score (nSPS) is 17.9. The van der Waals surface area contributed by atoms with Crippen molar-refractivity contribution in [3.05, 3.63) is 29.8 Å². The van der Waals surface area contributed by atoms with E-state index in [-0.39, 0.29) is 12.0 Å². The third-order valence-corrected chi connectivity index (χ3v) is 2.30. The molecule has 0 spiro atoms. The molecule has 4 heteroatoms. The molecule has 1 N–H and O–H groups in total. The highest BCUT2D eigenvalue weighted by molar-refractivity contribution is 5.94. The molecule has 0 saturated carbocycles. The zero-order chi connectivity index (χ0) is 11.4. The maximum absolute atomic E-state index is 11.7. The van der Waals surface area contributed by atoms with Crippen molar-refractivity contribution >= 4 is 5.91 Å². The molecular formula is C12H15NO3. The number of nitrogens with one attached hydrogen (secondary N) is 1. The van der Waals surface area contributed by atoms with E-state index < -0.39 is 0 Å². The number of rotatable bonds is 5. The first-order valence-electron chi connectivity index (χ1n) is 5.42. The molecule has 0 radical (unpaired) electrons. The molecule has 1 fully saturated rings. The highest BCUT2D eigenvalue weighted by Crippen LogP contribution is 2.13. The fourth-order valence-electron chi connectivity index (χ4n) is 1.39. The molecule has 2 rings (SSSR count). The topological polar surface area (TPSA) is 50.9 Å². The van der Waals surface area contributed by atoms with Gasteiger partial charge < -0.3 is 14.8 Å². The Balaban J connectivity index is 1.94. The first-order valence-corrected chi connectivity index (χ1v) is 5.42. The highest BCUT2D eigenvalue weighted by atomic mass is 16.6. The van der Waals surface area contributed by atoms with Crippen molar-refractivity contribution in [2.45, 2.75) is 13.0 Å². The van der Waals surface area contributed by atoms with E-state index >= 15 is 0 Å². The van der Waals surface area contributed by atoms with Crippen LogP contribution in [-0.4, -0.2) is 31.8 Å². The van der Waals surface area contributed by atoms with Gasteiger partial charge >= 0.3 is 0 Å². The number of hydrogen-bond acceptors (Lipinski definition) is 3. The van der Waals surface area contributed by atoms with Crippen molar-refractivity contribution < 1.29 is 14.3 Å². The Bertz CT molecular complexity index is 374. The van der Waals surface area contributed by atoms with Crippen molar-refractivity contribution in [3.63, 3.8) is 0 Å². The smallest absolute Gasteiger partial charge is 0.251 e. The summed E-state index contributed by atoms with van der Waals surface area (Å²) in [6.45, 7) is 3.84. The Morgan fingerprint density at radius 1 is 1.62 bits per heavy atom. The summed E-state index contributed by atoms with van der Waals surface area (Å²) in [5, 5.41) is 2.81. The summed E-state index contributed by atoms with van der Waals surface area (Å²) in [7, 11) is 0. The van der Waals surface area contributed by atoms with Crippen molar-refractivity contribution in [1.29, 1.82) is 0 Å². The molecule has 4 nitrogen and oxygen atoms in total. The minimum atomic E-state index is -0.0861. The number of carbonyl (C=O) groups is 1. The highest BCUT2D eigenvalue weighted by Gasteiger charge is 2.22. The zero-order valence-corrected chi connectivity index (χ0v) is 9.23. The van der Waals surface area contributed by atoms with Crippen LogP contribution in [0.3, 0.4) is 0 Å². The fraction of sp³-hybridized carbons (Fsp3) is 0.417. The largest absolute Gasteiger partial charge is 0.494 e. The van der Waals surface area contributed by atoms with Gasteiger partial charge in [0.05, 0.1) is 19.3 Å². The number of ether oxygens (including phenoxy) is 2. The minimum Gasteiger partial charge on any atom is -0.494 e. The fourth-order valence-corrected chi connectivity index (χ4v) is 1.39. The molecule has 1 atom stereocenters. The zero-order valence-electron chi connectivity index (χ0n) is 9.23. The lowest BCUT2D eigenvalue weighted by Gasteiger charge is -2.06. The number of carbonyl (C=O) groups excluding carboxylic acids is 1. The Morgan fingerprint density at radius 3 is 3.12 bits per heavy atom. The molecule has 1 aliphatic heterocycles. The van der Waals surface area contributed by atoms with E-state index in [1.807, 2.05) is 19.1 Å². The molecule has 1 unspecified atom stereocenters. The van der Waals surface area contributed by atoms with E-state index in [0.717, 1.165) is 12.4 Å². The van der Waals surface area contributed by atoms with Gasteiger partial charge in [0.25, 0.3) is 5.91 Å². The van der Waals surface area contributed by atoms with Gasteiger partial charge in [0.15, 0.2) is 0 Å². The average Bonchev–Trinajstić information content (AvgIpc) is 3.10. The van der Waals surface area contributed by atoms with E-state index in [9.17, 15) is 4.79 Å². The van der Waals surface area contributed by atoms with Crippen LogP contribution in [-0.2, 0) is 4.74 Å². The second-order valence-corrected chi connectivity index (χ2v) is 3.63. The second kappa shape index (κ2) is 4.99. The van der Waals surface area contributed by atoms with Crippen LogP contribution in [0.1, 0.15) is 17.3 Å². The third kappa shape index (κ3) is 2.97. The van der Waals surface area contributed by atoms with E-state index in [1.54, 1.807) is 12.1 Å². The standard InChI is InChI=1S/C12H15NO3/c1-2-15-10-5-3-4-9(6-10)12(14)13-7-11-8-16-11/h3-6,11H,2,7-8H2,1H3,(H,13,14). The van der Waals surface area contributed by atoms with E-state index in [0.29, 0.717) is 18.7 Å². The van der Waals surface area contributed by atoms with Crippen LogP contribution in [0.2, 0.25) is 0 Å². The van der Waals surface area contributed by atoms with Crippen LogP contribution in [0.5, 0.6) is 5.75 Å². The first-order chi connectivity index (χ1) is 7.79. The van der Waals surface area contributed by atoms with Crippen molar-refractivity contribution in [3.8, 4) is 5.75 Å². The average molecular weight is 221 g/mol. The molecule has 1 amide bonds. The Labute approximate surface area is 94.6 Å². The lowest BCUT2D eigenvalue weighted by atomic mass is 10.2. The van der Waals surface area contributed by atoms with Crippen molar-refractivity contribution in [2.24, 2.45) is 0 Å². The molecule has 0 aromatic heterocycles. The van der Waals surface area contributed by atoms with Crippen LogP contribution in [0, 0.1) is 0 Å². The maximum Gasteiger partial charge on any atom is 0.251 e. The predicted octanol–water partition coefficient (Wildman–Crippen LogP) is 1.21. The van der Waals surface area contributed by atoms with Crippen LogP contribution in [0.4, 0.5) is 0 Å². The van der Waals surface area contributed by atoms with Crippen LogP contribution < -0.4 is 10.1 Å². The second-order valence-electron chi connectivity index (χ2n) is 3.63. The van der Waals surface area contributed by atoms with Crippen LogP contribution in [0.25, 0.3) is 0 Å². The number of benzene rings is 1. The SMILES string of the molecule is CCOc1cccc(C(=O)NCC2CO2)c1. The van der Waals surface area contributed by atoms with Gasteiger partial charge in [-0.25, -0.2) is 0 Å². The molecule has 1 aromatic rings. The Kier molecular flexibility index (Phi) is 3.41. The van der Waals surface area contributed by atoms with Gasteiger partial charge in [-0.15, -0.1) is 0 Å². The summed E-state index contributed by atoms with van der Waals surface area (Å²) in [6, 6.07) is 7.16. The lowest BCUT2D eigenvalue weighted by Crippen LogP contribution is -2.27. The molecule has 16 heavy (non-hydrogen) atoms. The molecular weight excluding hydrogens is 206 g/mol. The minimum absolute atomic E-state index is 0.0861. The van der Waals surface area contributed by atoms with Crippen LogP contribution >= 0.6 is 0 Å². The molecule has 1 aromatic carbocycles. The summed E-state index contributed by atoms with van der Waals surface area (Å²) in [5.74, 6) is 0.634. The Morgan fingerprint density at radius 2 is 2.44 bits per heavy atom. The summed E-state index contributed by atoms with van der Waals surface area (Å²) < 4.78 is 10.3. The van der Waals surface area contributed by atoms with Crippen molar-refractivity contribution in [1.82, 2.24) is 5.32 Å². The van der Waals surface area contributed by atoms with Gasteiger partial charge in [0, 0.05) is 12.1 Å². The summed E-state index contributed by atoms with van der Waals surface area (Å²) in [4.78, 5) is 11.7.